The van der Waals surface area contributed by atoms with Crippen molar-refractivity contribution in [3.8, 4) is 0 Å². The van der Waals surface area contributed by atoms with E-state index in [4.69, 9.17) is 15.0 Å². The van der Waals surface area contributed by atoms with Gasteiger partial charge < -0.3 is 9.47 Å². The number of azide groups is 1. The molecule has 0 aromatic heterocycles. The van der Waals surface area contributed by atoms with Gasteiger partial charge in [-0.3, -0.25) is 4.90 Å². The van der Waals surface area contributed by atoms with Crippen LogP contribution in [0.4, 0.5) is 4.79 Å². The second-order valence-corrected chi connectivity index (χ2v) is 6.06. The van der Waals surface area contributed by atoms with Gasteiger partial charge >= 0.3 is 12.1 Å². The third kappa shape index (κ3) is 4.14. The van der Waals surface area contributed by atoms with Crippen LogP contribution in [0.2, 0.25) is 0 Å². The molecule has 8 nitrogen and oxygen atoms in total. The Hall–Kier alpha value is -2.21. The molecule has 122 valence electrons. The van der Waals surface area contributed by atoms with E-state index in [0.29, 0.717) is 6.42 Å². The molecule has 1 saturated heterocycles. The molecule has 1 heterocycles. The number of esters is 1. The molecule has 3 atom stereocenters. The fraction of sp³-hybridized carbons (Fsp3) is 0.714. The zero-order valence-corrected chi connectivity index (χ0v) is 13.4. The van der Waals surface area contributed by atoms with Gasteiger partial charge in [0.25, 0.3) is 0 Å². The maximum Gasteiger partial charge on any atom is 0.411 e. The average molecular weight is 310 g/mol. The van der Waals surface area contributed by atoms with Gasteiger partial charge in [-0.15, -0.1) is 6.58 Å². The minimum absolute atomic E-state index is 0.108. The Morgan fingerprint density at radius 3 is 2.59 bits per heavy atom. The highest BCUT2D eigenvalue weighted by Crippen LogP contribution is 2.32. The third-order valence-corrected chi connectivity index (χ3v) is 3.33. The van der Waals surface area contributed by atoms with Gasteiger partial charge in [-0.1, -0.05) is 11.2 Å². The van der Waals surface area contributed by atoms with Gasteiger partial charge in [0.1, 0.15) is 11.6 Å². The van der Waals surface area contributed by atoms with Crippen LogP contribution in [0.25, 0.3) is 10.4 Å². The summed E-state index contributed by atoms with van der Waals surface area (Å²) in [5.74, 6) is -0.943. The fourth-order valence-electron chi connectivity index (χ4n) is 2.49. The molecular weight excluding hydrogens is 288 g/mol. The molecule has 0 aliphatic carbocycles. The van der Waals surface area contributed by atoms with Gasteiger partial charge in [-0.05, 0) is 32.7 Å². The molecule has 0 aromatic carbocycles. The summed E-state index contributed by atoms with van der Waals surface area (Å²) in [4.78, 5) is 28.5. The Morgan fingerprint density at radius 2 is 2.14 bits per heavy atom. The summed E-state index contributed by atoms with van der Waals surface area (Å²) in [6.45, 7) is 8.96. The highest BCUT2D eigenvalue weighted by Gasteiger charge is 2.48. The number of hydrogen-bond donors (Lipinski definition) is 0. The fourth-order valence-corrected chi connectivity index (χ4v) is 2.49. The molecule has 0 radical (unpaired) electrons. The summed E-state index contributed by atoms with van der Waals surface area (Å²) in [6, 6.07) is -1.38. The first-order chi connectivity index (χ1) is 10.2. The highest BCUT2D eigenvalue weighted by atomic mass is 16.6. The molecule has 8 heteroatoms. The van der Waals surface area contributed by atoms with Crippen molar-refractivity contribution in [1.29, 1.82) is 0 Å². The molecule has 0 aromatic rings. The van der Waals surface area contributed by atoms with E-state index in [1.165, 1.54) is 12.0 Å². The monoisotopic (exact) mass is 310 g/mol. The Balaban J connectivity index is 3.12. The van der Waals surface area contributed by atoms with Gasteiger partial charge in [0.05, 0.1) is 13.2 Å². The normalized spacial score (nSPS) is 24.4. The van der Waals surface area contributed by atoms with Crippen LogP contribution in [0.15, 0.2) is 17.8 Å². The number of hydrogen-bond acceptors (Lipinski definition) is 5. The van der Waals surface area contributed by atoms with Crippen LogP contribution >= 0.6 is 0 Å². The van der Waals surface area contributed by atoms with E-state index >= 15 is 0 Å². The molecule has 0 N–H and O–H groups in total. The second-order valence-electron chi connectivity index (χ2n) is 6.06. The van der Waals surface area contributed by atoms with Crippen molar-refractivity contribution in [3.05, 3.63) is 23.1 Å². The number of ether oxygens (including phenoxy) is 2. The van der Waals surface area contributed by atoms with Crippen LogP contribution in [0.3, 0.4) is 0 Å². The zero-order valence-electron chi connectivity index (χ0n) is 13.4. The molecular formula is C14H22N4O4. The quantitative estimate of drug-likeness (QED) is 0.261. The molecule has 0 bridgehead atoms. The van der Waals surface area contributed by atoms with Gasteiger partial charge in [0.15, 0.2) is 0 Å². The maximum absolute atomic E-state index is 12.3. The minimum atomic E-state index is -0.853. The summed E-state index contributed by atoms with van der Waals surface area (Å²) in [5.41, 5.74) is 8.00. The molecule has 22 heavy (non-hydrogen) atoms. The predicted molar refractivity (Wildman–Crippen MR) is 80.0 cm³/mol. The largest absolute Gasteiger partial charge is 0.467 e. The third-order valence-electron chi connectivity index (χ3n) is 3.33. The van der Waals surface area contributed by atoms with Gasteiger partial charge in [0, 0.05) is 17.4 Å². The molecule has 1 amide bonds. The van der Waals surface area contributed by atoms with Crippen LogP contribution in [0, 0.1) is 5.92 Å². The van der Waals surface area contributed by atoms with Crippen LogP contribution < -0.4 is 0 Å². The van der Waals surface area contributed by atoms with E-state index < -0.39 is 29.7 Å². The van der Waals surface area contributed by atoms with Gasteiger partial charge in [-0.2, -0.15) is 0 Å². The number of likely N-dealkylation sites (tertiary alicyclic amines) is 1. The van der Waals surface area contributed by atoms with Gasteiger partial charge in [-0.25, -0.2) is 9.59 Å². The van der Waals surface area contributed by atoms with Crippen LogP contribution in [-0.4, -0.2) is 48.3 Å². The molecule has 1 aliphatic rings. The Morgan fingerprint density at radius 1 is 1.50 bits per heavy atom. The SMILES string of the molecule is C=CC[C@@H]1C(N=[N+]=[N-])CN(C(=O)OC(C)(C)C)[C@@H]1C(=O)OC. The lowest BCUT2D eigenvalue weighted by atomic mass is 9.93. The standard InChI is InChI=1S/C14H22N4O4/c1-6-7-9-10(16-17-15)8-18(11(9)12(19)21-5)13(20)22-14(2,3)4/h6,9-11H,1,7-8H2,2-5H3/t9-,10?,11+/m1/s1. The highest BCUT2D eigenvalue weighted by molar-refractivity contribution is 5.83. The first-order valence-electron chi connectivity index (χ1n) is 6.97. The van der Waals surface area contributed by atoms with Crippen LogP contribution in [0.1, 0.15) is 27.2 Å². The topological polar surface area (TPSA) is 105 Å². The smallest absolute Gasteiger partial charge is 0.411 e. The van der Waals surface area contributed by atoms with Gasteiger partial charge in [0.2, 0.25) is 0 Å². The molecule has 0 spiro atoms. The lowest BCUT2D eigenvalue weighted by Gasteiger charge is -2.28. The number of methoxy groups -OCH3 is 1. The lowest BCUT2D eigenvalue weighted by molar-refractivity contribution is -0.147. The van der Waals surface area contributed by atoms with E-state index in [-0.39, 0.29) is 12.5 Å². The van der Waals surface area contributed by atoms with E-state index in [1.807, 2.05) is 0 Å². The minimum Gasteiger partial charge on any atom is -0.467 e. The molecule has 0 saturated carbocycles. The van der Waals surface area contributed by atoms with Crippen molar-refractivity contribution in [1.82, 2.24) is 4.90 Å². The number of allylic oxidation sites excluding steroid dienone is 1. The van der Waals surface area contributed by atoms with Crippen molar-refractivity contribution in [2.75, 3.05) is 13.7 Å². The first kappa shape index (κ1) is 17.8. The molecule has 1 aliphatic heterocycles. The number of amides is 1. The Kier molecular flexibility index (Phi) is 5.82. The first-order valence-corrected chi connectivity index (χ1v) is 6.97. The van der Waals surface area contributed by atoms with Crippen LogP contribution in [0.5, 0.6) is 0 Å². The molecule has 1 unspecified atom stereocenters. The van der Waals surface area contributed by atoms with E-state index in [2.05, 4.69) is 16.6 Å². The summed E-state index contributed by atoms with van der Waals surface area (Å²) in [6.07, 6.45) is 1.41. The van der Waals surface area contributed by atoms with Crippen LogP contribution in [-0.2, 0) is 14.3 Å². The summed E-state index contributed by atoms with van der Waals surface area (Å²) < 4.78 is 10.1. The van der Waals surface area contributed by atoms with E-state index in [1.54, 1.807) is 26.8 Å². The summed E-state index contributed by atoms with van der Waals surface area (Å²) >= 11 is 0. The number of rotatable bonds is 4. The second kappa shape index (κ2) is 7.17. The van der Waals surface area contributed by atoms with Crippen molar-refractivity contribution in [2.24, 2.45) is 11.0 Å². The maximum atomic E-state index is 12.3. The summed E-state index contributed by atoms with van der Waals surface area (Å²) in [5, 5.41) is 3.70. The predicted octanol–water partition coefficient (Wildman–Crippen LogP) is 2.65. The van der Waals surface area contributed by atoms with Crippen molar-refractivity contribution < 1.29 is 19.1 Å². The summed E-state index contributed by atoms with van der Waals surface area (Å²) in [7, 11) is 1.25. The molecule has 1 rings (SSSR count). The van der Waals surface area contributed by atoms with Crippen molar-refractivity contribution in [2.45, 2.75) is 44.9 Å². The Labute approximate surface area is 129 Å². The zero-order chi connectivity index (χ0) is 16.9. The number of carbonyl (C=O) groups excluding carboxylic acids is 2. The number of nitrogens with zero attached hydrogens (tertiary/aromatic N) is 4. The van der Waals surface area contributed by atoms with Crippen molar-refractivity contribution in [3.63, 3.8) is 0 Å². The average Bonchev–Trinajstić information content (AvgIpc) is 2.76. The Bertz CT molecular complexity index is 494. The molecule has 1 fully saturated rings. The van der Waals surface area contributed by atoms with E-state index in [0.717, 1.165) is 0 Å². The lowest BCUT2D eigenvalue weighted by Crippen LogP contribution is -2.46. The number of carbonyl (C=O) groups is 2. The van der Waals surface area contributed by atoms with E-state index in [9.17, 15) is 9.59 Å². The van der Waals surface area contributed by atoms with Crippen molar-refractivity contribution >= 4 is 12.1 Å².